The Kier molecular flexibility index (Phi) is 2.56. The van der Waals surface area contributed by atoms with Crippen LogP contribution in [0.5, 0.6) is 0 Å². The number of nitrogens with one attached hydrogen (secondary N) is 2. The standard InChI is InChI=1S/C11H16IN3O/c1-10(2)9(11(10,3)4)15-7-6(12)8(16)14-5-13-7/h5,9H,1-4H3,(H2,13,14,15,16). The van der Waals surface area contributed by atoms with Gasteiger partial charge in [-0.15, -0.1) is 0 Å². The quantitative estimate of drug-likeness (QED) is 0.816. The summed E-state index contributed by atoms with van der Waals surface area (Å²) in [6.07, 6.45) is 1.44. The number of H-pyrrole nitrogens is 1. The Labute approximate surface area is 108 Å². The predicted molar refractivity (Wildman–Crippen MR) is 72.5 cm³/mol. The second-order valence-corrected chi connectivity index (χ2v) is 6.49. The van der Waals surface area contributed by atoms with E-state index < -0.39 is 0 Å². The van der Waals surface area contributed by atoms with Gasteiger partial charge in [0.1, 0.15) is 9.39 Å². The van der Waals surface area contributed by atoms with Gasteiger partial charge in [0.25, 0.3) is 5.56 Å². The molecule has 1 fully saturated rings. The third-order valence-electron chi connectivity index (χ3n) is 4.10. The van der Waals surface area contributed by atoms with Crippen LogP contribution in [0.15, 0.2) is 11.1 Å². The molecule has 5 heteroatoms. The molecule has 0 aromatic carbocycles. The Morgan fingerprint density at radius 3 is 2.44 bits per heavy atom. The zero-order valence-electron chi connectivity index (χ0n) is 9.89. The fourth-order valence-corrected chi connectivity index (χ4v) is 2.63. The van der Waals surface area contributed by atoms with Crippen molar-refractivity contribution in [1.29, 1.82) is 0 Å². The van der Waals surface area contributed by atoms with Gasteiger partial charge in [0.2, 0.25) is 0 Å². The van der Waals surface area contributed by atoms with E-state index in [2.05, 4.69) is 43.0 Å². The molecule has 2 N–H and O–H groups in total. The summed E-state index contributed by atoms with van der Waals surface area (Å²) in [5.74, 6) is 0.688. The van der Waals surface area contributed by atoms with E-state index in [1.807, 2.05) is 22.6 Å². The van der Waals surface area contributed by atoms with Crippen molar-refractivity contribution in [2.24, 2.45) is 10.8 Å². The average molecular weight is 333 g/mol. The van der Waals surface area contributed by atoms with E-state index in [1.54, 1.807) is 0 Å². The molecule has 0 amide bonds. The molecule has 0 atom stereocenters. The van der Waals surface area contributed by atoms with Crippen LogP contribution in [0.3, 0.4) is 0 Å². The summed E-state index contributed by atoms with van der Waals surface area (Å²) in [6.45, 7) is 8.91. The van der Waals surface area contributed by atoms with Crippen molar-refractivity contribution in [2.45, 2.75) is 33.7 Å². The van der Waals surface area contributed by atoms with Gasteiger partial charge in [0, 0.05) is 6.04 Å². The minimum absolute atomic E-state index is 0.0886. The monoisotopic (exact) mass is 333 g/mol. The molecule has 16 heavy (non-hydrogen) atoms. The van der Waals surface area contributed by atoms with Crippen molar-refractivity contribution < 1.29 is 0 Å². The highest BCUT2D eigenvalue weighted by molar-refractivity contribution is 14.1. The summed E-state index contributed by atoms with van der Waals surface area (Å²) in [5, 5.41) is 3.37. The lowest BCUT2D eigenvalue weighted by molar-refractivity contribution is 0.457. The maximum Gasteiger partial charge on any atom is 0.266 e. The first kappa shape index (κ1) is 11.9. The van der Waals surface area contributed by atoms with Crippen molar-refractivity contribution >= 4 is 28.4 Å². The number of hydrogen-bond donors (Lipinski definition) is 2. The normalized spacial score (nSPS) is 21.8. The Hall–Kier alpha value is -0.590. The van der Waals surface area contributed by atoms with Gasteiger partial charge in [-0.05, 0) is 33.4 Å². The van der Waals surface area contributed by atoms with Gasteiger partial charge in [-0.1, -0.05) is 27.7 Å². The van der Waals surface area contributed by atoms with Crippen LogP contribution in [0.4, 0.5) is 5.82 Å². The summed E-state index contributed by atoms with van der Waals surface area (Å²) in [7, 11) is 0. The molecule has 1 aromatic heterocycles. The molecule has 0 bridgehead atoms. The van der Waals surface area contributed by atoms with Crippen LogP contribution in [-0.4, -0.2) is 16.0 Å². The van der Waals surface area contributed by atoms with Crippen LogP contribution in [0.1, 0.15) is 27.7 Å². The molecule has 0 radical (unpaired) electrons. The number of halogens is 1. The lowest BCUT2D eigenvalue weighted by atomic mass is 10.0. The molecule has 1 aromatic rings. The number of aromatic nitrogens is 2. The molecular weight excluding hydrogens is 317 g/mol. The molecule has 1 heterocycles. The summed E-state index contributed by atoms with van der Waals surface area (Å²) in [5.41, 5.74) is 0.384. The fraction of sp³-hybridized carbons (Fsp3) is 0.636. The zero-order valence-corrected chi connectivity index (χ0v) is 12.0. The zero-order chi connectivity index (χ0) is 12.1. The van der Waals surface area contributed by atoms with Gasteiger partial charge < -0.3 is 10.3 Å². The second-order valence-electron chi connectivity index (χ2n) is 5.41. The highest BCUT2D eigenvalue weighted by Gasteiger charge is 2.65. The molecule has 0 aliphatic heterocycles. The van der Waals surface area contributed by atoms with Gasteiger partial charge in [-0.2, -0.15) is 0 Å². The molecule has 0 saturated heterocycles. The predicted octanol–water partition coefficient (Wildman–Crippen LogP) is 2.22. The number of nitrogens with zero attached hydrogens (tertiary/aromatic N) is 1. The summed E-state index contributed by atoms with van der Waals surface area (Å²) >= 11 is 2.02. The topological polar surface area (TPSA) is 57.8 Å². The smallest absolute Gasteiger partial charge is 0.266 e. The molecule has 2 rings (SSSR count). The maximum absolute atomic E-state index is 11.4. The Morgan fingerprint density at radius 1 is 1.38 bits per heavy atom. The summed E-state index contributed by atoms with van der Waals surface area (Å²) in [4.78, 5) is 18.2. The average Bonchev–Trinajstić information content (AvgIpc) is 2.55. The third kappa shape index (κ3) is 1.56. The van der Waals surface area contributed by atoms with Gasteiger partial charge >= 0.3 is 0 Å². The molecule has 0 spiro atoms. The van der Waals surface area contributed by atoms with Crippen molar-refractivity contribution in [3.63, 3.8) is 0 Å². The van der Waals surface area contributed by atoms with E-state index in [1.165, 1.54) is 6.33 Å². The largest absolute Gasteiger partial charge is 0.365 e. The van der Waals surface area contributed by atoms with E-state index in [0.717, 1.165) is 0 Å². The van der Waals surface area contributed by atoms with Crippen LogP contribution in [0.25, 0.3) is 0 Å². The van der Waals surface area contributed by atoms with Crippen molar-refractivity contribution in [3.05, 3.63) is 20.3 Å². The van der Waals surface area contributed by atoms with E-state index in [4.69, 9.17) is 0 Å². The first-order valence-electron chi connectivity index (χ1n) is 5.28. The SMILES string of the molecule is CC1(C)C(Nc2nc[nH]c(=O)c2I)C1(C)C. The first-order chi connectivity index (χ1) is 7.28. The lowest BCUT2D eigenvalue weighted by Crippen LogP contribution is -2.18. The Balaban J connectivity index is 2.25. The highest BCUT2D eigenvalue weighted by atomic mass is 127. The van der Waals surface area contributed by atoms with E-state index >= 15 is 0 Å². The van der Waals surface area contributed by atoms with Crippen molar-refractivity contribution in [2.75, 3.05) is 5.32 Å². The van der Waals surface area contributed by atoms with E-state index in [9.17, 15) is 4.79 Å². The molecule has 4 nitrogen and oxygen atoms in total. The number of aromatic amines is 1. The molecule has 88 valence electrons. The van der Waals surface area contributed by atoms with Gasteiger partial charge in [-0.25, -0.2) is 4.98 Å². The van der Waals surface area contributed by atoms with Crippen LogP contribution in [0, 0.1) is 14.4 Å². The number of hydrogen-bond acceptors (Lipinski definition) is 3. The summed E-state index contributed by atoms with van der Waals surface area (Å²) in [6, 6.07) is 0.364. The number of anilines is 1. The maximum atomic E-state index is 11.4. The lowest BCUT2D eigenvalue weighted by Gasteiger charge is -2.07. The fourth-order valence-electron chi connectivity index (χ4n) is 2.18. The Bertz CT molecular complexity index is 464. The molecule has 1 saturated carbocycles. The van der Waals surface area contributed by atoms with Gasteiger partial charge in [-0.3, -0.25) is 4.79 Å². The molecule has 1 aliphatic rings. The van der Waals surface area contributed by atoms with Crippen LogP contribution in [-0.2, 0) is 0 Å². The second kappa shape index (κ2) is 3.45. The minimum Gasteiger partial charge on any atom is -0.365 e. The molecule has 1 aliphatic carbocycles. The third-order valence-corrected chi connectivity index (χ3v) is 5.10. The van der Waals surface area contributed by atoms with Crippen molar-refractivity contribution in [1.82, 2.24) is 9.97 Å². The van der Waals surface area contributed by atoms with Gasteiger partial charge in [0.05, 0.1) is 6.33 Å². The van der Waals surface area contributed by atoms with Crippen LogP contribution < -0.4 is 10.9 Å². The summed E-state index contributed by atoms with van der Waals surface area (Å²) < 4.78 is 0.624. The van der Waals surface area contributed by atoms with Gasteiger partial charge in [0.15, 0.2) is 0 Å². The molecule has 0 unspecified atom stereocenters. The van der Waals surface area contributed by atoms with Crippen molar-refractivity contribution in [3.8, 4) is 0 Å². The van der Waals surface area contributed by atoms with Crippen LogP contribution >= 0.6 is 22.6 Å². The van der Waals surface area contributed by atoms with E-state index in [-0.39, 0.29) is 16.4 Å². The number of rotatable bonds is 2. The first-order valence-corrected chi connectivity index (χ1v) is 6.36. The molecular formula is C11H16IN3O. The minimum atomic E-state index is -0.0886. The highest BCUT2D eigenvalue weighted by Crippen LogP contribution is 2.63. The Morgan fingerprint density at radius 2 is 1.94 bits per heavy atom. The van der Waals surface area contributed by atoms with Crippen LogP contribution in [0.2, 0.25) is 0 Å². The van der Waals surface area contributed by atoms with E-state index in [0.29, 0.717) is 15.4 Å².